The fraction of sp³-hybridized carbons (Fsp3) is 0.304. The summed E-state index contributed by atoms with van der Waals surface area (Å²) in [5.41, 5.74) is -0.140. The van der Waals surface area contributed by atoms with Gasteiger partial charge in [0.15, 0.2) is 0 Å². The monoisotopic (exact) mass is 490 g/mol. The van der Waals surface area contributed by atoms with E-state index in [1.54, 1.807) is 48.5 Å². The van der Waals surface area contributed by atoms with Crippen LogP contribution in [0.3, 0.4) is 0 Å². The van der Waals surface area contributed by atoms with Gasteiger partial charge in [0.2, 0.25) is 10.6 Å². The number of hydrogen-bond acceptors (Lipinski definition) is 9. The Morgan fingerprint density at radius 1 is 1.00 bits per heavy atom. The third kappa shape index (κ3) is 5.22. The molecule has 1 heterocycles. The minimum absolute atomic E-state index is 0.115. The Kier molecular flexibility index (Phi) is 7.92. The molecule has 0 spiro atoms. The number of nitrogens with one attached hydrogen (secondary N) is 1. The number of aromatic nitrogens is 2. The lowest BCUT2D eigenvalue weighted by molar-refractivity contribution is -0.149. The van der Waals surface area contributed by atoms with Gasteiger partial charge in [0.25, 0.3) is 9.84 Å². The van der Waals surface area contributed by atoms with E-state index in [0.717, 1.165) is 0 Å². The van der Waals surface area contributed by atoms with Crippen molar-refractivity contribution in [3.8, 4) is 34.0 Å². The van der Waals surface area contributed by atoms with Gasteiger partial charge in [-0.3, -0.25) is 4.79 Å². The lowest BCUT2D eigenvalue weighted by Crippen LogP contribution is -2.40. The number of carbonyl (C=O) groups excluding carboxylic acids is 1. The van der Waals surface area contributed by atoms with E-state index >= 15 is 0 Å². The molecule has 2 atom stereocenters. The quantitative estimate of drug-likeness (QED) is 0.364. The summed E-state index contributed by atoms with van der Waals surface area (Å²) in [6.07, 6.45) is -1.98. The number of aliphatic hydroxyl groups excluding tert-OH is 2. The highest BCUT2D eigenvalue weighted by Gasteiger charge is 2.39. The van der Waals surface area contributed by atoms with Crippen molar-refractivity contribution in [1.29, 1.82) is 0 Å². The fourth-order valence-corrected chi connectivity index (χ4v) is 4.58. The minimum Gasteiger partial charge on any atom is -0.497 e. The first kappa shape index (κ1) is 25.2. The van der Waals surface area contributed by atoms with Gasteiger partial charge in [-0.25, -0.2) is 13.4 Å². The van der Waals surface area contributed by atoms with Crippen molar-refractivity contribution in [2.75, 3.05) is 20.8 Å². The number of carbonyl (C=O) groups is 1. The number of benzene rings is 2. The highest BCUT2D eigenvalue weighted by molar-refractivity contribution is 7.91. The Hall–Kier alpha value is -3.41. The summed E-state index contributed by atoms with van der Waals surface area (Å²) in [5, 5.41) is 18.9. The first-order valence-corrected chi connectivity index (χ1v) is 11.9. The molecule has 3 aromatic rings. The van der Waals surface area contributed by atoms with Gasteiger partial charge in [0.05, 0.1) is 32.2 Å². The Morgan fingerprint density at radius 3 is 2.00 bits per heavy atom. The lowest BCUT2D eigenvalue weighted by Gasteiger charge is -2.20. The topological polar surface area (TPSA) is 148 Å². The molecule has 11 heteroatoms. The second-order valence-corrected chi connectivity index (χ2v) is 9.17. The van der Waals surface area contributed by atoms with E-state index in [-0.39, 0.29) is 6.42 Å². The van der Waals surface area contributed by atoms with Crippen LogP contribution in [-0.4, -0.2) is 66.9 Å². The number of methoxy groups -OCH3 is 2. The number of hydrogen-bond donors (Lipinski definition) is 3. The van der Waals surface area contributed by atoms with Gasteiger partial charge in [0, 0.05) is 17.5 Å². The minimum atomic E-state index is -4.53. The summed E-state index contributed by atoms with van der Waals surface area (Å²) >= 11 is 0. The van der Waals surface area contributed by atoms with Crippen LogP contribution < -0.4 is 9.47 Å². The Balaban J connectivity index is 2.16. The molecule has 0 radical (unpaired) electrons. The van der Waals surface area contributed by atoms with E-state index in [2.05, 4.69) is 9.97 Å². The molecular weight excluding hydrogens is 464 g/mol. The predicted molar refractivity (Wildman–Crippen MR) is 123 cm³/mol. The van der Waals surface area contributed by atoms with Crippen LogP contribution in [0.25, 0.3) is 22.5 Å². The Labute approximate surface area is 197 Å². The second kappa shape index (κ2) is 10.7. The molecule has 0 amide bonds. The molecule has 0 saturated heterocycles. The van der Waals surface area contributed by atoms with E-state index in [0.29, 0.717) is 34.0 Å². The molecule has 34 heavy (non-hydrogen) atoms. The maximum absolute atomic E-state index is 13.3. The van der Waals surface area contributed by atoms with Gasteiger partial charge in [-0.2, -0.15) is 0 Å². The highest BCUT2D eigenvalue weighted by atomic mass is 32.2. The number of imidazole rings is 1. The average molecular weight is 491 g/mol. The maximum Gasteiger partial charge on any atom is 0.306 e. The predicted octanol–water partition coefficient (Wildman–Crippen LogP) is 2.17. The van der Waals surface area contributed by atoms with Crippen molar-refractivity contribution < 1.29 is 37.6 Å². The molecule has 3 N–H and O–H groups in total. The third-order valence-corrected chi connectivity index (χ3v) is 6.79. The number of ether oxygens (including phenoxy) is 3. The largest absolute Gasteiger partial charge is 0.497 e. The molecule has 0 saturated carbocycles. The van der Waals surface area contributed by atoms with E-state index in [1.165, 1.54) is 21.1 Å². The first-order valence-electron chi connectivity index (χ1n) is 10.4. The van der Waals surface area contributed by atoms with Crippen LogP contribution in [-0.2, 0) is 19.4 Å². The Morgan fingerprint density at radius 2 is 1.53 bits per heavy atom. The molecular formula is C23H26N2O8S. The molecule has 0 aliphatic carbocycles. The van der Waals surface area contributed by atoms with Crippen molar-refractivity contribution >= 4 is 15.8 Å². The van der Waals surface area contributed by atoms with Crippen molar-refractivity contribution in [1.82, 2.24) is 9.97 Å². The number of nitrogens with zero attached hydrogens (tertiary/aromatic N) is 1. The number of aliphatic hydroxyl groups is 2. The standard InChI is InChI=1S/C23H26N2O8S/c1-4-19(28)33-22(18(27)13-26)34(29,30)23-24-20(14-5-9-16(31-2)10-6-14)21(25-23)15-7-11-17(32-3)12-8-15/h5-12,18,22,26-27H,4,13H2,1-3H3,(H,24,25). The number of rotatable bonds is 10. The highest BCUT2D eigenvalue weighted by Crippen LogP contribution is 2.34. The second-order valence-electron chi connectivity index (χ2n) is 7.23. The lowest BCUT2D eigenvalue weighted by atomic mass is 10.0. The average Bonchev–Trinajstić information content (AvgIpc) is 3.33. The van der Waals surface area contributed by atoms with Crippen molar-refractivity contribution in [2.24, 2.45) is 0 Å². The van der Waals surface area contributed by atoms with Gasteiger partial charge in [-0.05, 0) is 48.5 Å². The van der Waals surface area contributed by atoms with Crippen LogP contribution in [0.15, 0.2) is 53.7 Å². The zero-order chi connectivity index (χ0) is 24.9. The van der Waals surface area contributed by atoms with Crippen LogP contribution in [0.5, 0.6) is 11.5 Å². The van der Waals surface area contributed by atoms with E-state index < -0.39 is 39.1 Å². The fourth-order valence-electron chi connectivity index (χ4n) is 3.17. The summed E-state index contributed by atoms with van der Waals surface area (Å²) < 4.78 is 42.0. The Bertz CT molecular complexity index is 1160. The van der Waals surface area contributed by atoms with Gasteiger partial charge >= 0.3 is 5.97 Å². The van der Waals surface area contributed by atoms with Crippen LogP contribution in [0.2, 0.25) is 0 Å². The van der Waals surface area contributed by atoms with Gasteiger partial charge < -0.3 is 29.4 Å². The normalized spacial score (nSPS) is 13.2. The summed E-state index contributed by atoms with van der Waals surface area (Å²) in [6.45, 7) is 0.548. The van der Waals surface area contributed by atoms with Crippen LogP contribution in [0.4, 0.5) is 0 Å². The molecule has 10 nitrogen and oxygen atoms in total. The van der Waals surface area contributed by atoms with E-state index in [1.807, 2.05) is 0 Å². The summed E-state index contributed by atoms with van der Waals surface area (Å²) in [7, 11) is -1.47. The van der Waals surface area contributed by atoms with Crippen LogP contribution in [0.1, 0.15) is 13.3 Å². The SMILES string of the molecule is CCC(=O)OC(C(O)CO)S(=O)(=O)c1nc(-c2ccc(OC)cc2)c(-c2ccc(OC)cc2)[nH]1. The molecule has 1 aromatic heterocycles. The number of sulfone groups is 1. The third-order valence-electron chi connectivity index (χ3n) is 5.04. The number of aromatic amines is 1. The van der Waals surface area contributed by atoms with Crippen molar-refractivity contribution in [2.45, 2.75) is 30.0 Å². The van der Waals surface area contributed by atoms with Crippen LogP contribution in [0, 0.1) is 0 Å². The van der Waals surface area contributed by atoms with Gasteiger partial charge in [-0.1, -0.05) is 6.92 Å². The summed E-state index contributed by atoms with van der Waals surface area (Å²) in [5.74, 6) is 0.369. The van der Waals surface area contributed by atoms with Crippen LogP contribution >= 0.6 is 0 Å². The molecule has 0 aliphatic heterocycles. The molecule has 182 valence electrons. The summed E-state index contributed by atoms with van der Waals surface area (Å²) in [4.78, 5) is 18.9. The van der Waals surface area contributed by atoms with Crippen molar-refractivity contribution in [3.63, 3.8) is 0 Å². The number of H-pyrrole nitrogens is 1. The molecule has 3 rings (SSSR count). The smallest absolute Gasteiger partial charge is 0.306 e. The maximum atomic E-state index is 13.3. The molecule has 0 fully saturated rings. The zero-order valence-electron chi connectivity index (χ0n) is 18.9. The van der Waals surface area contributed by atoms with Gasteiger partial charge in [-0.15, -0.1) is 0 Å². The molecule has 0 bridgehead atoms. The van der Waals surface area contributed by atoms with Crippen molar-refractivity contribution in [3.05, 3.63) is 48.5 Å². The zero-order valence-corrected chi connectivity index (χ0v) is 19.7. The first-order chi connectivity index (χ1) is 16.2. The van der Waals surface area contributed by atoms with E-state index in [4.69, 9.17) is 14.2 Å². The molecule has 0 aliphatic rings. The molecule has 2 aromatic carbocycles. The van der Waals surface area contributed by atoms with Gasteiger partial charge in [0.1, 0.15) is 17.6 Å². The van der Waals surface area contributed by atoms with E-state index in [9.17, 15) is 23.4 Å². The molecule has 2 unspecified atom stereocenters. The number of esters is 1. The summed E-state index contributed by atoms with van der Waals surface area (Å²) in [6, 6.07) is 13.7.